The zero-order valence-corrected chi connectivity index (χ0v) is 13.3. The molecule has 0 fully saturated rings. The molecule has 4 nitrogen and oxygen atoms in total. The molecule has 0 aliphatic carbocycles. The summed E-state index contributed by atoms with van der Waals surface area (Å²) in [6, 6.07) is 8.16. The van der Waals surface area contributed by atoms with E-state index in [4.69, 9.17) is 4.74 Å². The van der Waals surface area contributed by atoms with Crippen LogP contribution in [-0.4, -0.2) is 31.7 Å². The number of aliphatic imine (C=N–C) groups is 1. The number of hydrogen-bond acceptors (Lipinski definition) is 2. The van der Waals surface area contributed by atoms with E-state index >= 15 is 0 Å². The van der Waals surface area contributed by atoms with Gasteiger partial charge in [-0.15, -0.1) is 0 Å². The number of para-hydroxylation sites is 1. The summed E-state index contributed by atoms with van der Waals surface area (Å²) in [6.45, 7) is 9.86. The van der Waals surface area contributed by atoms with E-state index in [9.17, 15) is 0 Å². The second kappa shape index (κ2) is 7.78. The number of nitrogens with one attached hydrogen (secondary N) is 2. The molecule has 0 saturated carbocycles. The summed E-state index contributed by atoms with van der Waals surface area (Å²) in [7, 11) is 1.79. The molecule has 1 aromatic rings. The summed E-state index contributed by atoms with van der Waals surface area (Å²) in [5.74, 6) is 1.79. The van der Waals surface area contributed by atoms with Crippen LogP contribution in [0.3, 0.4) is 0 Å². The predicted octanol–water partition coefficient (Wildman–Crippen LogP) is 2.59. The highest BCUT2D eigenvalue weighted by molar-refractivity contribution is 5.80. The number of hydrogen-bond donors (Lipinski definition) is 2. The van der Waals surface area contributed by atoms with Gasteiger partial charge in [-0.2, -0.15) is 0 Å². The first-order chi connectivity index (χ1) is 9.46. The Morgan fingerprint density at radius 3 is 2.55 bits per heavy atom. The van der Waals surface area contributed by atoms with E-state index in [-0.39, 0.29) is 5.54 Å². The third kappa shape index (κ3) is 5.95. The van der Waals surface area contributed by atoms with Gasteiger partial charge in [-0.3, -0.25) is 4.99 Å². The predicted molar refractivity (Wildman–Crippen MR) is 85.6 cm³/mol. The van der Waals surface area contributed by atoms with Gasteiger partial charge in [-0.25, -0.2) is 0 Å². The van der Waals surface area contributed by atoms with Crippen molar-refractivity contribution in [2.45, 2.75) is 39.7 Å². The molecule has 2 N–H and O–H groups in total. The molecule has 0 amide bonds. The fraction of sp³-hybridized carbons (Fsp3) is 0.562. The third-order valence-electron chi connectivity index (χ3n) is 2.68. The molecule has 0 heterocycles. The Kier molecular flexibility index (Phi) is 6.36. The molecule has 4 heteroatoms. The van der Waals surface area contributed by atoms with Crippen LogP contribution in [0, 0.1) is 0 Å². The van der Waals surface area contributed by atoms with Gasteiger partial charge in [0.2, 0.25) is 0 Å². The lowest BCUT2D eigenvalue weighted by Gasteiger charge is -2.23. The molecular weight excluding hydrogens is 250 g/mol. The standard InChI is InChI=1S/C16H27N3O/c1-6-20-14-10-8-7-9-13(14)11-12-18-15(17-5)19-16(2,3)4/h7-10H,6,11-12H2,1-5H3,(H2,17,18,19). The summed E-state index contributed by atoms with van der Waals surface area (Å²) in [5, 5.41) is 6.67. The Labute approximate surface area is 122 Å². The second-order valence-electron chi connectivity index (χ2n) is 5.66. The van der Waals surface area contributed by atoms with Gasteiger partial charge in [0, 0.05) is 19.1 Å². The van der Waals surface area contributed by atoms with Gasteiger partial charge >= 0.3 is 0 Å². The monoisotopic (exact) mass is 277 g/mol. The minimum absolute atomic E-state index is 0.00503. The van der Waals surface area contributed by atoms with E-state index in [0.29, 0.717) is 6.61 Å². The van der Waals surface area contributed by atoms with Crippen molar-refractivity contribution in [3.63, 3.8) is 0 Å². The highest BCUT2D eigenvalue weighted by Crippen LogP contribution is 2.17. The number of guanidine groups is 1. The first-order valence-corrected chi connectivity index (χ1v) is 7.16. The summed E-state index contributed by atoms with van der Waals surface area (Å²) in [5.41, 5.74) is 1.22. The normalized spacial score (nSPS) is 12.2. The maximum absolute atomic E-state index is 5.63. The van der Waals surface area contributed by atoms with Crippen molar-refractivity contribution >= 4 is 5.96 Å². The van der Waals surface area contributed by atoms with Crippen LogP contribution in [0.4, 0.5) is 0 Å². The van der Waals surface area contributed by atoms with Crippen LogP contribution in [0.25, 0.3) is 0 Å². The maximum atomic E-state index is 5.63. The van der Waals surface area contributed by atoms with E-state index in [0.717, 1.165) is 24.7 Å². The second-order valence-corrected chi connectivity index (χ2v) is 5.66. The molecule has 0 aliphatic rings. The highest BCUT2D eigenvalue weighted by Gasteiger charge is 2.11. The largest absolute Gasteiger partial charge is 0.494 e. The van der Waals surface area contributed by atoms with Crippen LogP contribution in [0.5, 0.6) is 5.75 Å². The first-order valence-electron chi connectivity index (χ1n) is 7.16. The molecule has 0 spiro atoms. The fourth-order valence-corrected chi connectivity index (χ4v) is 1.86. The lowest BCUT2D eigenvalue weighted by Crippen LogP contribution is -2.48. The molecule has 112 valence electrons. The van der Waals surface area contributed by atoms with E-state index in [1.807, 2.05) is 25.1 Å². The van der Waals surface area contributed by atoms with Crippen molar-refractivity contribution in [3.8, 4) is 5.75 Å². The average Bonchev–Trinajstić information content (AvgIpc) is 2.38. The van der Waals surface area contributed by atoms with Crippen LogP contribution < -0.4 is 15.4 Å². The lowest BCUT2D eigenvalue weighted by atomic mass is 10.1. The van der Waals surface area contributed by atoms with Crippen molar-refractivity contribution in [2.24, 2.45) is 4.99 Å². The number of nitrogens with zero attached hydrogens (tertiary/aromatic N) is 1. The van der Waals surface area contributed by atoms with Crippen molar-refractivity contribution in [3.05, 3.63) is 29.8 Å². The lowest BCUT2D eigenvalue weighted by molar-refractivity contribution is 0.336. The van der Waals surface area contributed by atoms with Crippen LogP contribution in [0.15, 0.2) is 29.3 Å². The Morgan fingerprint density at radius 1 is 1.25 bits per heavy atom. The Morgan fingerprint density at radius 2 is 1.95 bits per heavy atom. The fourth-order valence-electron chi connectivity index (χ4n) is 1.86. The van der Waals surface area contributed by atoms with Gasteiger partial charge in [-0.1, -0.05) is 18.2 Å². The van der Waals surface area contributed by atoms with Crippen molar-refractivity contribution < 1.29 is 4.74 Å². The molecule has 0 atom stereocenters. The van der Waals surface area contributed by atoms with Gasteiger partial charge in [0.05, 0.1) is 6.61 Å². The Bertz CT molecular complexity index is 436. The third-order valence-corrected chi connectivity index (χ3v) is 2.68. The van der Waals surface area contributed by atoms with Gasteiger partial charge in [0.15, 0.2) is 5.96 Å². The minimum atomic E-state index is 0.00503. The highest BCUT2D eigenvalue weighted by atomic mass is 16.5. The van der Waals surface area contributed by atoms with Crippen LogP contribution in [0.2, 0.25) is 0 Å². The zero-order chi connectivity index (χ0) is 15.0. The van der Waals surface area contributed by atoms with Crippen molar-refractivity contribution in [1.29, 1.82) is 0 Å². The number of rotatable bonds is 5. The topological polar surface area (TPSA) is 45.6 Å². The minimum Gasteiger partial charge on any atom is -0.494 e. The summed E-state index contributed by atoms with van der Waals surface area (Å²) >= 11 is 0. The maximum Gasteiger partial charge on any atom is 0.191 e. The average molecular weight is 277 g/mol. The van der Waals surface area contributed by atoms with Crippen molar-refractivity contribution in [2.75, 3.05) is 20.2 Å². The van der Waals surface area contributed by atoms with Gasteiger partial charge in [0.25, 0.3) is 0 Å². The van der Waals surface area contributed by atoms with E-state index in [1.165, 1.54) is 5.56 Å². The Hall–Kier alpha value is -1.71. The summed E-state index contributed by atoms with van der Waals surface area (Å²) in [6.07, 6.45) is 0.904. The first kappa shape index (κ1) is 16.3. The van der Waals surface area contributed by atoms with Crippen LogP contribution in [0.1, 0.15) is 33.3 Å². The molecule has 0 saturated heterocycles. The summed E-state index contributed by atoms with van der Waals surface area (Å²) in [4.78, 5) is 4.23. The van der Waals surface area contributed by atoms with Gasteiger partial charge < -0.3 is 15.4 Å². The molecule has 0 aromatic heterocycles. The molecule has 20 heavy (non-hydrogen) atoms. The van der Waals surface area contributed by atoms with Crippen molar-refractivity contribution in [1.82, 2.24) is 10.6 Å². The quantitative estimate of drug-likeness (QED) is 0.642. The number of benzene rings is 1. The Balaban J connectivity index is 2.51. The smallest absolute Gasteiger partial charge is 0.191 e. The molecule has 0 radical (unpaired) electrons. The molecule has 0 bridgehead atoms. The van der Waals surface area contributed by atoms with Gasteiger partial charge in [-0.05, 0) is 45.7 Å². The SMILES string of the molecule is CCOc1ccccc1CCNC(=NC)NC(C)(C)C. The summed E-state index contributed by atoms with van der Waals surface area (Å²) < 4.78 is 5.63. The molecule has 1 rings (SSSR count). The molecule has 0 aliphatic heterocycles. The zero-order valence-electron chi connectivity index (χ0n) is 13.3. The molecule has 0 unspecified atom stereocenters. The van der Waals surface area contributed by atoms with E-state index in [2.05, 4.69) is 42.5 Å². The molecular formula is C16H27N3O. The van der Waals surface area contributed by atoms with E-state index in [1.54, 1.807) is 7.05 Å². The van der Waals surface area contributed by atoms with Crippen LogP contribution in [-0.2, 0) is 6.42 Å². The molecule has 1 aromatic carbocycles. The van der Waals surface area contributed by atoms with Gasteiger partial charge in [0.1, 0.15) is 5.75 Å². The number of ether oxygens (including phenoxy) is 1. The van der Waals surface area contributed by atoms with E-state index < -0.39 is 0 Å². The van der Waals surface area contributed by atoms with Crippen LogP contribution >= 0.6 is 0 Å².